The molecule has 0 N–H and O–H groups in total. The van der Waals surface area contributed by atoms with Gasteiger partial charge in [-0.25, -0.2) is 0 Å². The normalized spacial score (nSPS) is 34.2. The number of nitrogens with zero attached hydrogens (tertiary/aromatic N) is 1. The van der Waals surface area contributed by atoms with Gasteiger partial charge in [0.1, 0.15) is 5.78 Å². The monoisotopic (exact) mass is 263 g/mol. The summed E-state index contributed by atoms with van der Waals surface area (Å²) in [4.78, 5) is 14.8. The molecule has 3 aliphatic rings. The molecule has 1 spiro atoms. The lowest BCUT2D eigenvalue weighted by molar-refractivity contribution is -0.127. The molecule has 1 unspecified atom stereocenters. The van der Waals surface area contributed by atoms with Crippen LogP contribution in [0.1, 0.15) is 65.2 Å². The van der Waals surface area contributed by atoms with Crippen molar-refractivity contribution in [3.8, 4) is 0 Å². The summed E-state index contributed by atoms with van der Waals surface area (Å²) >= 11 is 0. The third-order valence-corrected chi connectivity index (χ3v) is 5.96. The summed E-state index contributed by atoms with van der Waals surface area (Å²) in [6.45, 7) is 8.22. The first-order chi connectivity index (χ1) is 8.98. The number of likely N-dealkylation sites (tertiary alicyclic amines) is 1. The van der Waals surface area contributed by atoms with E-state index < -0.39 is 0 Å². The predicted octanol–water partition coefficient (Wildman–Crippen LogP) is 3.65. The summed E-state index contributed by atoms with van der Waals surface area (Å²) in [6.07, 6.45) is 10.1. The van der Waals surface area contributed by atoms with Gasteiger partial charge in [0.2, 0.25) is 0 Å². The van der Waals surface area contributed by atoms with Crippen molar-refractivity contribution in [2.45, 2.75) is 65.2 Å². The molecule has 1 atom stereocenters. The largest absolute Gasteiger partial charge is 0.302 e. The van der Waals surface area contributed by atoms with Crippen LogP contribution in [0.25, 0.3) is 0 Å². The molecular formula is C17H29NO. The van der Waals surface area contributed by atoms with E-state index in [-0.39, 0.29) is 0 Å². The number of hydrogen-bond acceptors (Lipinski definition) is 2. The molecule has 0 amide bonds. The third-order valence-electron chi connectivity index (χ3n) is 5.96. The Hall–Kier alpha value is -0.370. The predicted molar refractivity (Wildman–Crippen MR) is 78.1 cm³/mol. The van der Waals surface area contributed by atoms with Gasteiger partial charge in [-0.05, 0) is 49.5 Å². The molecular weight excluding hydrogens is 234 g/mol. The van der Waals surface area contributed by atoms with Gasteiger partial charge in [0.25, 0.3) is 0 Å². The second kappa shape index (κ2) is 4.87. The van der Waals surface area contributed by atoms with Crippen molar-refractivity contribution in [1.29, 1.82) is 0 Å². The molecule has 2 heteroatoms. The fourth-order valence-corrected chi connectivity index (χ4v) is 4.74. The van der Waals surface area contributed by atoms with Crippen molar-refractivity contribution in [3.05, 3.63) is 0 Å². The highest BCUT2D eigenvalue weighted by Crippen LogP contribution is 2.46. The van der Waals surface area contributed by atoms with Crippen LogP contribution in [0, 0.1) is 16.7 Å². The van der Waals surface area contributed by atoms with E-state index in [0.29, 0.717) is 22.5 Å². The number of ketones is 1. The van der Waals surface area contributed by atoms with E-state index in [1.54, 1.807) is 0 Å². The molecule has 3 fully saturated rings. The third kappa shape index (κ3) is 2.89. The van der Waals surface area contributed by atoms with Gasteiger partial charge in [0.15, 0.2) is 0 Å². The second-order valence-corrected chi connectivity index (χ2v) is 8.22. The highest BCUT2D eigenvalue weighted by atomic mass is 16.1. The van der Waals surface area contributed by atoms with Crippen LogP contribution in [-0.4, -0.2) is 30.3 Å². The summed E-state index contributed by atoms with van der Waals surface area (Å²) in [6, 6.07) is 0. The number of hydrogen-bond donors (Lipinski definition) is 0. The quantitative estimate of drug-likeness (QED) is 0.758. The molecule has 1 heterocycles. The van der Waals surface area contributed by atoms with Gasteiger partial charge in [-0.15, -0.1) is 0 Å². The van der Waals surface area contributed by atoms with Crippen LogP contribution in [0.5, 0.6) is 0 Å². The fourth-order valence-electron chi connectivity index (χ4n) is 4.74. The Bertz CT molecular complexity index is 354. The maximum atomic E-state index is 12.2. The van der Waals surface area contributed by atoms with Gasteiger partial charge in [-0.2, -0.15) is 0 Å². The summed E-state index contributed by atoms with van der Waals surface area (Å²) in [5.74, 6) is 0.854. The molecule has 0 aromatic carbocycles. The lowest BCUT2D eigenvalue weighted by atomic mass is 9.71. The number of rotatable bonds is 2. The highest BCUT2D eigenvalue weighted by Gasteiger charge is 2.42. The smallest absolute Gasteiger partial charge is 0.137 e. The maximum absolute atomic E-state index is 12.2. The van der Waals surface area contributed by atoms with Gasteiger partial charge < -0.3 is 4.90 Å². The van der Waals surface area contributed by atoms with Gasteiger partial charge in [0.05, 0.1) is 0 Å². The highest BCUT2D eigenvalue weighted by molar-refractivity contribution is 5.82. The van der Waals surface area contributed by atoms with E-state index >= 15 is 0 Å². The van der Waals surface area contributed by atoms with Gasteiger partial charge in [-0.1, -0.05) is 26.7 Å². The van der Waals surface area contributed by atoms with Gasteiger partial charge >= 0.3 is 0 Å². The van der Waals surface area contributed by atoms with Crippen molar-refractivity contribution in [2.75, 3.05) is 19.6 Å². The van der Waals surface area contributed by atoms with Crippen LogP contribution in [0.3, 0.4) is 0 Å². The van der Waals surface area contributed by atoms with Crippen LogP contribution >= 0.6 is 0 Å². The molecule has 2 saturated carbocycles. The first-order valence-electron chi connectivity index (χ1n) is 8.23. The Balaban J connectivity index is 1.58. The first-order valence-corrected chi connectivity index (χ1v) is 8.23. The van der Waals surface area contributed by atoms with Crippen molar-refractivity contribution in [3.63, 3.8) is 0 Å². The molecule has 0 aromatic rings. The van der Waals surface area contributed by atoms with Crippen LogP contribution < -0.4 is 0 Å². The average molecular weight is 263 g/mol. The molecule has 2 aliphatic carbocycles. The van der Waals surface area contributed by atoms with Crippen molar-refractivity contribution in [2.24, 2.45) is 16.7 Å². The Morgan fingerprint density at radius 3 is 2.63 bits per heavy atom. The zero-order chi connectivity index (χ0) is 13.5. The number of Topliss-reactive ketones (excluding diaryl/α,β-unsaturated/α-hetero) is 1. The van der Waals surface area contributed by atoms with E-state index in [1.165, 1.54) is 45.2 Å². The minimum Gasteiger partial charge on any atom is -0.302 e. The van der Waals surface area contributed by atoms with E-state index in [2.05, 4.69) is 18.7 Å². The number of carbonyl (C=O) groups is 1. The first kappa shape index (κ1) is 13.6. The van der Waals surface area contributed by atoms with E-state index in [1.807, 2.05) is 0 Å². The molecule has 0 bridgehead atoms. The molecule has 0 aromatic heterocycles. The fraction of sp³-hybridized carbons (Fsp3) is 0.941. The summed E-state index contributed by atoms with van der Waals surface area (Å²) in [5, 5.41) is 0. The van der Waals surface area contributed by atoms with Crippen molar-refractivity contribution < 1.29 is 4.79 Å². The van der Waals surface area contributed by atoms with E-state index in [4.69, 9.17) is 0 Å². The molecule has 19 heavy (non-hydrogen) atoms. The lowest BCUT2D eigenvalue weighted by Crippen LogP contribution is -2.38. The minimum absolute atomic E-state index is 0.320. The summed E-state index contributed by atoms with van der Waals surface area (Å²) < 4.78 is 0. The van der Waals surface area contributed by atoms with E-state index in [0.717, 1.165) is 25.8 Å². The standard InChI is InChI=1S/C17H29NO/c1-16(2)8-5-15(19)14(11-16)12-18-10-9-17(13-18)6-3-4-7-17/h14H,3-13H2,1-2H3. The van der Waals surface area contributed by atoms with Gasteiger partial charge in [0, 0.05) is 25.4 Å². The Morgan fingerprint density at radius 2 is 1.89 bits per heavy atom. The summed E-state index contributed by atoms with van der Waals surface area (Å²) in [5.41, 5.74) is 1.02. The molecule has 108 valence electrons. The molecule has 1 saturated heterocycles. The summed E-state index contributed by atoms with van der Waals surface area (Å²) in [7, 11) is 0. The zero-order valence-electron chi connectivity index (χ0n) is 12.7. The van der Waals surface area contributed by atoms with Crippen molar-refractivity contribution in [1.82, 2.24) is 4.90 Å². The maximum Gasteiger partial charge on any atom is 0.137 e. The van der Waals surface area contributed by atoms with Gasteiger partial charge in [-0.3, -0.25) is 4.79 Å². The van der Waals surface area contributed by atoms with Crippen LogP contribution in [0.2, 0.25) is 0 Å². The second-order valence-electron chi connectivity index (χ2n) is 8.22. The lowest BCUT2D eigenvalue weighted by Gasteiger charge is -2.36. The Labute approximate surface area is 117 Å². The molecule has 2 nitrogen and oxygen atoms in total. The molecule has 1 aliphatic heterocycles. The van der Waals surface area contributed by atoms with E-state index in [9.17, 15) is 4.79 Å². The number of carbonyl (C=O) groups excluding carboxylic acids is 1. The Morgan fingerprint density at radius 1 is 1.16 bits per heavy atom. The van der Waals surface area contributed by atoms with Crippen LogP contribution in [0.4, 0.5) is 0 Å². The van der Waals surface area contributed by atoms with Crippen molar-refractivity contribution >= 4 is 5.78 Å². The topological polar surface area (TPSA) is 20.3 Å². The minimum atomic E-state index is 0.320. The zero-order valence-corrected chi connectivity index (χ0v) is 12.7. The average Bonchev–Trinajstić information content (AvgIpc) is 2.95. The molecule has 3 rings (SSSR count). The van der Waals surface area contributed by atoms with Crippen LogP contribution in [-0.2, 0) is 4.79 Å². The Kier molecular flexibility index (Phi) is 3.49. The van der Waals surface area contributed by atoms with Crippen LogP contribution in [0.15, 0.2) is 0 Å². The molecule has 0 radical (unpaired) electrons. The SMILES string of the molecule is CC1(C)CCC(=O)C(CN2CCC3(CCCC3)C2)C1.